The van der Waals surface area contributed by atoms with E-state index < -0.39 is 20.5 Å². The average Bonchev–Trinajstić information content (AvgIpc) is 1.99. The first kappa shape index (κ1) is 10.7. The summed E-state index contributed by atoms with van der Waals surface area (Å²) >= 11 is 0. The van der Waals surface area contributed by atoms with E-state index in [2.05, 4.69) is 0 Å². The molecule has 2 atom stereocenters. The molecule has 0 radical (unpaired) electrons. The Morgan fingerprint density at radius 2 is 1.85 bits per heavy atom. The number of carbonyl (C=O) groups is 1. The van der Waals surface area contributed by atoms with Gasteiger partial charge in [0.05, 0.1) is 0 Å². The lowest BCUT2D eigenvalue weighted by Gasteiger charge is -2.14. The fraction of sp³-hybridized carbons (Fsp3) is 0.889. The molecule has 1 rings (SSSR count). The maximum Gasteiger partial charge on any atom is 0.157 e. The van der Waals surface area contributed by atoms with E-state index in [-0.39, 0.29) is 11.7 Å². The highest BCUT2D eigenvalue weighted by atomic mass is 32.2. The van der Waals surface area contributed by atoms with Crippen LogP contribution in [0.3, 0.4) is 0 Å². The minimum absolute atomic E-state index is 0.0440. The molecule has 0 aromatic heterocycles. The Bertz CT molecular complexity index is 327. The summed E-state index contributed by atoms with van der Waals surface area (Å²) in [5, 5.41) is -0.775. The van der Waals surface area contributed by atoms with Crippen LogP contribution in [0.4, 0.5) is 0 Å². The van der Waals surface area contributed by atoms with Crippen molar-refractivity contribution in [2.45, 2.75) is 32.4 Å². The molecule has 0 aliphatic heterocycles. The summed E-state index contributed by atoms with van der Waals surface area (Å²) in [5.74, 6) is -0.167. The van der Waals surface area contributed by atoms with Crippen LogP contribution >= 0.6 is 0 Å². The summed E-state index contributed by atoms with van der Waals surface area (Å²) in [7, 11) is -3.22. The Morgan fingerprint density at radius 1 is 1.38 bits per heavy atom. The molecule has 2 unspecified atom stereocenters. The molecule has 1 aliphatic rings. The lowest BCUT2D eigenvalue weighted by Crippen LogP contribution is -2.33. The van der Waals surface area contributed by atoms with Crippen LogP contribution in [0.2, 0.25) is 0 Å². The summed E-state index contributed by atoms with van der Waals surface area (Å²) < 4.78 is 22.6. The Kier molecular flexibility index (Phi) is 2.31. The van der Waals surface area contributed by atoms with E-state index in [1.54, 1.807) is 0 Å². The van der Waals surface area contributed by atoms with Crippen LogP contribution in [-0.2, 0) is 14.6 Å². The zero-order chi connectivity index (χ0) is 10.4. The predicted octanol–water partition coefficient (Wildman–Crippen LogP) is 1.03. The van der Waals surface area contributed by atoms with E-state index in [0.29, 0.717) is 6.42 Å². The van der Waals surface area contributed by atoms with Gasteiger partial charge in [0, 0.05) is 11.7 Å². The van der Waals surface area contributed by atoms with Gasteiger partial charge in [-0.15, -0.1) is 0 Å². The maximum atomic E-state index is 11.7. The first-order chi connectivity index (χ1) is 5.66. The number of carbonyl (C=O) groups excluding carboxylic acids is 1. The van der Waals surface area contributed by atoms with E-state index in [4.69, 9.17) is 0 Å². The second-order valence-electron chi connectivity index (χ2n) is 4.68. The van der Waals surface area contributed by atoms with E-state index >= 15 is 0 Å². The standard InChI is InChI=1S/C9H16O3S/c1-6-5-9(2,3)8(10)7(6)13(4,11)12/h6-7H,5H2,1-4H3. The van der Waals surface area contributed by atoms with Gasteiger partial charge in [0.25, 0.3) is 0 Å². The minimum atomic E-state index is -3.22. The molecule has 0 amide bonds. The number of rotatable bonds is 1. The summed E-state index contributed by atoms with van der Waals surface area (Å²) in [5.41, 5.74) is -0.465. The van der Waals surface area contributed by atoms with Crippen molar-refractivity contribution < 1.29 is 13.2 Å². The van der Waals surface area contributed by atoms with Crippen LogP contribution < -0.4 is 0 Å². The number of hydrogen-bond donors (Lipinski definition) is 0. The first-order valence-electron chi connectivity index (χ1n) is 4.39. The fourth-order valence-corrected chi connectivity index (χ4v) is 3.92. The molecule has 1 fully saturated rings. The molecule has 76 valence electrons. The first-order valence-corrected chi connectivity index (χ1v) is 6.35. The quantitative estimate of drug-likeness (QED) is 0.641. The highest BCUT2D eigenvalue weighted by molar-refractivity contribution is 7.92. The van der Waals surface area contributed by atoms with Crippen LogP contribution in [0.5, 0.6) is 0 Å². The van der Waals surface area contributed by atoms with Crippen LogP contribution in [0.25, 0.3) is 0 Å². The predicted molar refractivity (Wildman–Crippen MR) is 51.2 cm³/mol. The molecule has 0 aromatic rings. The molecule has 0 aromatic carbocycles. The zero-order valence-corrected chi connectivity index (χ0v) is 9.31. The van der Waals surface area contributed by atoms with Crippen molar-refractivity contribution in [2.75, 3.05) is 6.26 Å². The van der Waals surface area contributed by atoms with Crippen molar-refractivity contribution in [3.8, 4) is 0 Å². The highest BCUT2D eigenvalue weighted by Gasteiger charge is 2.49. The lowest BCUT2D eigenvalue weighted by molar-refractivity contribution is -0.123. The summed E-state index contributed by atoms with van der Waals surface area (Å²) in [6, 6.07) is 0. The van der Waals surface area contributed by atoms with Crippen molar-refractivity contribution in [3.63, 3.8) is 0 Å². The molecular weight excluding hydrogens is 188 g/mol. The Hall–Kier alpha value is -0.380. The van der Waals surface area contributed by atoms with Gasteiger partial charge in [-0.3, -0.25) is 4.79 Å². The van der Waals surface area contributed by atoms with Gasteiger partial charge < -0.3 is 0 Å². The average molecular weight is 204 g/mol. The van der Waals surface area contributed by atoms with E-state index in [1.165, 1.54) is 0 Å². The third kappa shape index (κ3) is 1.77. The van der Waals surface area contributed by atoms with Crippen LogP contribution in [-0.4, -0.2) is 25.7 Å². The van der Waals surface area contributed by atoms with E-state index in [0.717, 1.165) is 6.26 Å². The number of hydrogen-bond acceptors (Lipinski definition) is 3. The van der Waals surface area contributed by atoms with Gasteiger partial charge in [-0.25, -0.2) is 8.42 Å². The van der Waals surface area contributed by atoms with Gasteiger partial charge in [0.2, 0.25) is 0 Å². The molecule has 4 heteroatoms. The summed E-state index contributed by atoms with van der Waals surface area (Å²) in [6.45, 7) is 5.46. The third-order valence-corrected chi connectivity index (χ3v) is 4.34. The van der Waals surface area contributed by atoms with E-state index in [1.807, 2.05) is 20.8 Å². The van der Waals surface area contributed by atoms with Crippen molar-refractivity contribution in [2.24, 2.45) is 11.3 Å². The normalized spacial score (nSPS) is 33.7. The lowest BCUT2D eigenvalue weighted by atomic mass is 9.90. The topological polar surface area (TPSA) is 51.2 Å². The molecule has 1 saturated carbocycles. The Balaban J connectivity index is 3.10. The maximum absolute atomic E-state index is 11.7. The largest absolute Gasteiger partial charge is 0.298 e. The Labute approximate surface area is 79.4 Å². The summed E-state index contributed by atoms with van der Waals surface area (Å²) in [6.07, 6.45) is 1.82. The van der Waals surface area contributed by atoms with Gasteiger partial charge in [0.1, 0.15) is 5.25 Å². The monoisotopic (exact) mass is 204 g/mol. The molecule has 13 heavy (non-hydrogen) atoms. The smallest absolute Gasteiger partial charge is 0.157 e. The van der Waals surface area contributed by atoms with Crippen LogP contribution in [0.1, 0.15) is 27.2 Å². The van der Waals surface area contributed by atoms with Crippen LogP contribution in [0, 0.1) is 11.3 Å². The number of sulfone groups is 1. The molecule has 0 N–H and O–H groups in total. The van der Waals surface area contributed by atoms with Gasteiger partial charge in [-0.1, -0.05) is 20.8 Å². The molecule has 0 saturated heterocycles. The van der Waals surface area contributed by atoms with Gasteiger partial charge in [-0.2, -0.15) is 0 Å². The second-order valence-corrected chi connectivity index (χ2v) is 6.85. The molecule has 0 bridgehead atoms. The minimum Gasteiger partial charge on any atom is -0.298 e. The fourth-order valence-electron chi connectivity index (χ4n) is 2.27. The van der Waals surface area contributed by atoms with Gasteiger partial charge >= 0.3 is 0 Å². The Morgan fingerprint density at radius 3 is 2.00 bits per heavy atom. The van der Waals surface area contributed by atoms with Gasteiger partial charge in [0.15, 0.2) is 15.6 Å². The zero-order valence-electron chi connectivity index (χ0n) is 8.49. The summed E-state index contributed by atoms with van der Waals surface area (Å²) in [4.78, 5) is 11.7. The van der Waals surface area contributed by atoms with Crippen molar-refractivity contribution >= 4 is 15.6 Å². The molecular formula is C9H16O3S. The molecule has 1 aliphatic carbocycles. The van der Waals surface area contributed by atoms with Crippen molar-refractivity contribution in [1.82, 2.24) is 0 Å². The molecule has 0 heterocycles. The number of ketones is 1. The highest BCUT2D eigenvalue weighted by Crippen LogP contribution is 2.40. The van der Waals surface area contributed by atoms with Crippen LogP contribution in [0.15, 0.2) is 0 Å². The molecule has 0 spiro atoms. The van der Waals surface area contributed by atoms with E-state index in [9.17, 15) is 13.2 Å². The van der Waals surface area contributed by atoms with Crippen molar-refractivity contribution in [3.05, 3.63) is 0 Å². The SMILES string of the molecule is CC1CC(C)(C)C(=O)C1S(C)(=O)=O. The van der Waals surface area contributed by atoms with Gasteiger partial charge in [-0.05, 0) is 12.3 Å². The van der Waals surface area contributed by atoms with Crippen molar-refractivity contribution in [1.29, 1.82) is 0 Å². The third-order valence-electron chi connectivity index (χ3n) is 2.74. The second kappa shape index (κ2) is 2.80. The number of Topliss-reactive ketones (excluding diaryl/α,β-unsaturated/α-hetero) is 1. The molecule has 3 nitrogen and oxygen atoms in total.